The van der Waals surface area contributed by atoms with Crippen LogP contribution >= 0.6 is 69.1 Å². The molecule has 15 heteroatoms. The maximum absolute atomic E-state index is 11.9. The Balaban J connectivity index is 0.000000221. The third kappa shape index (κ3) is 13.0. The monoisotopic (exact) mass is 896 g/mol. The fraction of sp³-hybridized carbons (Fsp3) is 0.233. The van der Waals surface area contributed by atoms with Gasteiger partial charge in [-0.05, 0) is 49.2 Å². The van der Waals surface area contributed by atoms with Gasteiger partial charge in [0.2, 0.25) is 0 Å². The summed E-state index contributed by atoms with van der Waals surface area (Å²) in [6.45, 7) is 6.47. The molecule has 0 radical (unpaired) electrons. The molecule has 0 aliphatic rings. The quantitative estimate of drug-likeness (QED) is 0.0654. The standard InChI is InChI=1S/C22H20Cl2N2O3S.C21H20Cl2N2O2S/c1-2-29-20(28)10-11-26(13-15-6-4-3-5-7-15)22-25-21(19(14-27)30-22)16-8-9-17(23)18(24)12-16;1-2-27-20(26)10-11-25(13-15-6-4-3-5-7-15)21-24-19(14-28-21)16-8-9-17(22)18(23)12-16/h3-9,12,14H,2,10-11,13H2,1H3;3-9,12,14H,2,10-11,13H2,1H3. The number of carbonyl (C=O) groups excluding carboxylic acids is 3. The Kier molecular flexibility index (Phi) is 17.4. The first-order valence-electron chi connectivity index (χ1n) is 18.3. The van der Waals surface area contributed by atoms with Crippen molar-refractivity contribution in [2.75, 3.05) is 36.1 Å². The Bertz CT molecular complexity index is 2270. The molecule has 0 aliphatic carbocycles. The van der Waals surface area contributed by atoms with E-state index in [1.807, 2.05) is 77.9 Å². The smallest absolute Gasteiger partial charge is 0.307 e. The van der Waals surface area contributed by atoms with E-state index in [-0.39, 0.29) is 18.4 Å². The number of esters is 2. The average Bonchev–Trinajstić information content (AvgIpc) is 3.90. The van der Waals surface area contributed by atoms with Gasteiger partial charge < -0.3 is 19.3 Å². The molecule has 0 N–H and O–H groups in total. The maximum atomic E-state index is 11.9. The van der Waals surface area contributed by atoms with Gasteiger partial charge in [0.05, 0.1) is 62.4 Å². The second-order valence-electron chi connectivity index (χ2n) is 12.5. The Hall–Kier alpha value is -4.49. The molecule has 0 fully saturated rings. The topological polar surface area (TPSA) is 102 Å². The molecule has 9 nitrogen and oxygen atoms in total. The van der Waals surface area contributed by atoms with Crippen molar-refractivity contribution in [3.05, 3.63) is 139 Å². The van der Waals surface area contributed by atoms with E-state index in [1.54, 1.807) is 31.2 Å². The molecule has 2 heterocycles. The van der Waals surface area contributed by atoms with Crippen LogP contribution in [0.15, 0.2) is 102 Å². The molecule has 0 amide bonds. The summed E-state index contributed by atoms with van der Waals surface area (Å²) >= 11 is 27.1. The first kappa shape index (κ1) is 44.6. The van der Waals surface area contributed by atoms with Crippen LogP contribution < -0.4 is 9.80 Å². The van der Waals surface area contributed by atoms with Crippen LogP contribution in [0.25, 0.3) is 22.5 Å². The van der Waals surface area contributed by atoms with Crippen molar-refractivity contribution in [3.63, 3.8) is 0 Å². The third-order valence-corrected chi connectivity index (χ3v) is 11.8. The summed E-state index contributed by atoms with van der Waals surface area (Å²) in [5, 5.41) is 5.31. The van der Waals surface area contributed by atoms with Crippen molar-refractivity contribution in [3.8, 4) is 22.5 Å². The first-order valence-corrected chi connectivity index (χ1v) is 21.5. The number of aromatic nitrogens is 2. The minimum atomic E-state index is -0.271. The van der Waals surface area contributed by atoms with Crippen LogP contribution in [0.2, 0.25) is 20.1 Å². The number of nitrogens with zero attached hydrogens (tertiary/aromatic N) is 4. The molecular formula is C43H40Cl4N4O5S2. The van der Waals surface area contributed by atoms with Gasteiger partial charge in [0, 0.05) is 42.7 Å². The minimum absolute atomic E-state index is 0.207. The molecule has 0 spiro atoms. The lowest BCUT2D eigenvalue weighted by molar-refractivity contribution is -0.143. The van der Waals surface area contributed by atoms with E-state index in [4.69, 9.17) is 65.8 Å². The van der Waals surface area contributed by atoms with Gasteiger partial charge in [-0.15, -0.1) is 11.3 Å². The van der Waals surface area contributed by atoms with Gasteiger partial charge in [-0.3, -0.25) is 14.4 Å². The summed E-state index contributed by atoms with van der Waals surface area (Å²) in [6, 6.07) is 30.6. The molecule has 0 bridgehead atoms. The van der Waals surface area contributed by atoms with Gasteiger partial charge in [-0.25, -0.2) is 9.97 Å². The molecule has 0 atom stereocenters. The van der Waals surface area contributed by atoms with Crippen molar-refractivity contribution < 1.29 is 23.9 Å². The van der Waals surface area contributed by atoms with Gasteiger partial charge in [0.1, 0.15) is 0 Å². The number of anilines is 2. The SMILES string of the molecule is CCOC(=O)CCN(Cc1ccccc1)c1nc(-c2ccc(Cl)c(Cl)c2)c(C=O)s1.CCOC(=O)CCN(Cc1ccccc1)c1nc(-c2ccc(Cl)c(Cl)c2)cs1. The molecular weight excluding hydrogens is 858 g/mol. The van der Waals surface area contributed by atoms with Gasteiger partial charge >= 0.3 is 11.9 Å². The molecule has 4 aromatic carbocycles. The normalized spacial score (nSPS) is 10.7. The highest BCUT2D eigenvalue weighted by Gasteiger charge is 2.20. The molecule has 0 unspecified atom stereocenters. The number of hydrogen-bond acceptors (Lipinski definition) is 11. The van der Waals surface area contributed by atoms with Crippen molar-refractivity contribution in [2.45, 2.75) is 39.8 Å². The van der Waals surface area contributed by atoms with Crippen LogP contribution in [0.4, 0.5) is 10.3 Å². The van der Waals surface area contributed by atoms with Crippen molar-refractivity contribution >= 4 is 97.6 Å². The predicted octanol–water partition coefficient (Wildman–Crippen LogP) is 12.0. The molecule has 0 aliphatic heterocycles. The minimum Gasteiger partial charge on any atom is -0.466 e. The first-order chi connectivity index (χ1) is 28.1. The van der Waals surface area contributed by atoms with Crippen LogP contribution in [-0.2, 0) is 32.2 Å². The van der Waals surface area contributed by atoms with Gasteiger partial charge in [0.15, 0.2) is 16.5 Å². The number of carbonyl (C=O) groups is 3. The lowest BCUT2D eigenvalue weighted by Gasteiger charge is -2.21. The zero-order chi connectivity index (χ0) is 41.4. The second-order valence-corrected chi connectivity index (χ2v) is 16.0. The van der Waals surface area contributed by atoms with E-state index in [1.165, 1.54) is 22.7 Å². The number of halogens is 4. The number of rotatable bonds is 17. The highest BCUT2D eigenvalue weighted by atomic mass is 35.5. The molecule has 0 saturated heterocycles. The zero-order valence-electron chi connectivity index (χ0n) is 31.7. The maximum Gasteiger partial charge on any atom is 0.307 e. The third-order valence-electron chi connectivity index (χ3n) is 8.41. The zero-order valence-corrected chi connectivity index (χ0v) is 36.4. The highest BCUT2D eigenvalue weighted by Crippen LogP contribution is 2.36. The molecule has 6 rings (SSSR count). The van der Waals surface area contributed by atoms with E-state index in [2.05, 4.69) is 17.0 Å². The van der Waals surface area contributed by atoms with E-state index in [0.29, 0.717) is 87.2 Å². The predicted molar refractivity (Wildman–Crippen MR) is 238 cm³/mol. The van der Waals surface area contributed by atoms with Crippen LogP contribution in [-0.4, -0.2) is 54.5 Å². The van der Waals surface area contributed by atoms with Crippen molar-refractivity contribution in [1.29, 1.82) is 0 Å². The summed E-state index contributed by atoms with van der Waals surface area (Å²) in [5.74, 6) is -0.478. The number of hydrogen-bond donors (Lipinski definition) is 0. The lowest BCUT2D eigenvalue weighted by atomic mass is 10.1. The average molecular weight is 899 g/mol. The van der Waals surface area contributed by atoms with Crippen LogP contribution in [0.5, 0.6) is 0 Å². The van der Waals surface area contributed by atoms with Crippen LogP contribution in [0, 0.1) is 0 Å². The van der Waals surface area contributed by atoms with Crippen LogP contribution in [0.1, 0.15) is 47.5 Å². The number of thiazole rings is 2. The fourth-order valence-corrected chi connectivity index (χ4v) is 7.98. The Morgan fingerprint density at radius 3 is 1.66 bits per heavy atom. The van der Waals surface area contributed by atoms with Gasteiger partial charge in [-0.2, -0.15) is 0 Å². The Morgan fingerprint density at radius 2 is 1.16 bits per heavy atom. The molecule has 302 valence electrons. The Morgan fingerprint density at radius 1 is 0.655 bits per heavy atom. The summed E-state index contributed by atoms with van der Waals surface area (Å²) in [5.41, 5.74) is 5.20. The summed E-state index contributed by atoms with van der Waals surface area (Å²) < 4.78 is 10.1. The molecule has 0 saturated carbocycles. The van der Waals surface area contributed by atoms with Crippen LogP contribution in [0.3, 0.4) is 0 Å². The summed E-state index contributed by atoms with van der Waals surface area (Å²) in [7, 11) is 0. The van der Waals surface area contributed by atoms with E-state index >= 15 is 0 Å². The Labute approximate surface area is 366 Å². The second kappa shape index (κ2) is 22.6. The van der Waals surface area contributed by atoms with Gasteiger partial charge in [0.25, 0.3) is 0 Å². The van der Waals surface area contributed by atoms with E-state index < -0.39 is 0 Å². The summed E-state index contributed by atoms with van der Waals surface area (Å²) in [6.07, 6.45) is 1.31. The number of aldehydes is 1. The van der Waals surface area contributed by atoms with E-state index in [9.17, 15) is 14.4 Å². The lowest BCUT2D eigenvalue weighted by Crippen LogP contribution is -2.26. The number of benzene rings is 4. The highest BCUT2D eigenvalue weighted by molar-refractivity contribution is 7.17. The van der Waals surface area contributed by atoms with Gasteiger partial charge in [-0.1, -0.05) is 131 Å². The number of ether oxygens (including phenoxy) is 2. The van der Waals surface area contributed by atoms with Crippen molar-refractivity contribution in [2.24, 2.45) is 0 Å². The fourth-order valence-electron chi connectivity index (χ4n) is 5.59. The summed E-state index contributed by atoms with van der Waals surface area (Å²) in [4.78, 5) is 49.5. The molecule has 58 heavy (non-hydrogen) atoms. The molecule has 6 aromatic rings. The molecule has 2 aromatic heterocycles. The van der Waals surface area contributed by atoms with E-state index in [0.717, 1.165) is 33.8 Å². The largest absolute Gasteiger partial charge is 0.466 e. The van der Waals surface area contributed by atoms with Crippen molar-refractivity contribution in [1.82, 2.24) is 9.97 Å².